The molecule has 0 N–H and O–H groups in total. The monoisotopic (exact) mass is 318 g/mol. The van der Waals surface area contributed by atoms with E-state index in [0.29, 0.717) is 18.1 Å². The van der Waals surface area contributed by atoms with Gasteiger partial charge in [0.25, 0.3) is 0 Å². The highest BCUT2D eigenvalue weighted by Gasteiger charge is 2.41. The van der Waals surface area contributed by atoms with Crippen molar-refractivity contribution in [2.75, 3.05) is 13.7 Å². The van der Waals surface area contributed by atoms with Gasteiger partial charge in [-0.2, -0.15) is 0 Å². The Kier molecular flexibility index (Phi) is 4.86. The fourth-order valence-corrected chi connectivity index (χ4v) is 3.15. The summed E-state index contributed by atoms with van der Waals surface area (Å²) in [5.41, 5.74) is 0. The van der Waals surface area contributed by atoms with Gasteiger partial charge in [0, 0.05) is 13.5 Å². The Labute approximate surface area is 136 Å². The summed E-state index contributed by atoms with van der Waals surface area (Å²) in [5.74, 6) is 1.24. The number of ketones is 1. The quantitative estimate of drug-likeness (QED) is 0.835. The molecule has 5 nitrogen and oxygen atoms in total. The highest BCUT2D eigenvalue weighted by atomic mass is 16.5. The van der Waals surface area contributed by atoms with Crippen LogP contribution in [0, 0.1) is 5.92 Å². The maximum Gasteiger partial charge on any atom is 0.208 e. The third-order valence-electron chi connectivity index (χ3n) is 4.38. The predicted molar refractivity (Wildman–Crippen MR) is 84.3 cm³/mol. The van der Waals surface area contributed by atoms with Crippen molar-refractivity contribution in [2.24, 2.45) is 5.92 Å². The molecule has 3 atom stereocenters. The first kappa shape index (κ1) is 15.9. The standard InChI is InChI=1S/C18H22O5/c1-3-21-14-6-4-5-7-15(14)23-17-11-22-16-10-12(20-2)8-9-13(16)18(17)19/h4-7,11-13,16H,3,8-10H2,1-2H3. The first-order chi connectivity index (χ1) is 11.2. The molecule has 0 saturated heterocycles. The molecule has 1 fully saturated rings. The molecule has 5 heteroatoms. The van der Waals surface area contributed by atoms with Crippen molar-refractivity contribution in [1.82, 2.24) is 0 Å². The van der Waals surface area contributed by atoms with Gasteiger partial charge in [0.05, 0.1) is 18.6 Å². The smallest absolute Gasteiger partial charge is 0.208 e. The lowest BCUT2D eigenvalue weighted by Crippen LogP contribution is -2.42. The maximum atomic E-state index is 12.7. The number of methoxy groups -OCH3 is 1. The van der Waals surface area contributed by atoms with Gasteiger partial charge in [-0.05, 0) is 31.9 Å². The van der Waals surface area contributed by atoms with Crippen LogP contribution < -0.4 is 9.47 Å². The minimum absolute atomic E-state index is 0.00195. The largest absolute Gasteiger partial charge is 0.493 e. The molecule has 0 radical (unpaired) electrons. The molecule has 3 rings (SSSR count). The number of allylic oxidation sites excluding steroid dienone is 1. The van der Waals surface area contributed by atoms with E-state index in [9.17, 15) is 4.79 Å². The third-order valence-corrected chi connectivity index (χ3v) is 4.38. The van der Waals surface area contributed by atoms with E-state index in [1.807, 2.05) is 25.1 Å². The van der Waals surface area contributed by atoms with Gasteiger partial charge in [-0.25, -0.2) is 0 Å². The Hall–Kier alpha value is -2.01. The number of rotatable bonds is 5. The van der Waals surface area contributed by atoms with Crippen LogP contribution in [-0.2, 0) is 14.3 Å². The summed E-state index contributed by atoms with van der Waals surface area (Å²) >= 11 is 0. The van der Waals surface area contributed by atoms with Crippen LogP contribution in [0.15, 0.2) is 36.3 Å². The molecule has 1 aliphatic heterocycles. The van der Waals surface area contributed by atoms with E-state index in [1.54, 1.807) is 13.2 Å². The van der Waals surface area contributed by atoms with Crippen LogP contribution in [0.2, 0.25) is 0 Å². The molecule has 0 bridgehead atoms. The van der Waals surface area contributed by atoms with Gasteiger partial charge < -0.3 is 18.9 Å². The molecule has 3 unspecified atom stereocenters. The molecule has 1 aliphatic carbocycles. The molecule has 0 spiro atoms. The number of fused-ring (bicyclic) bond motifs is 1. The summed E-state index contributed by atoms with van der Waals surface area (Å²) in [6.07, 6.45) is 3.86. The zero-order valence-corrected chi connectivity index (χ0v) is 13.5. The van der Waals surface area contributed by atoms with Gasteiger partial charge in [-0.15, -0.1) is 0 Å². The fraction of sp³-hybridized carbons (Fsp3) is 0.500. The van der Waals surface area contributed by atoms with Gasteiger partial charge in [0.15, 0.2) is 11.5 Å². The number of para-hydroxylation sites is 2. The maximum absolute atomic E-state index is 12.7. The minimum Gasteiger partial charge on any atom is -0.493 e. The zero-order chi connectivity index (χ0) is 16.2. The first-order valence-electron chi connectivity index (χ1n) is 8.05. The second-order valence-electron chi connectivity index (χ2n) is 5.78. The molecular formula is C18H22O5. The molecule has 1 saturated carbocycles. The number of benzene rings is 1. The highest BCUT2D eigenvalue weighted by molar-refractivity contribution is 5.96. The molecule has 124 valence electrons. The van der Waals surface area contributed by atoms with Gasteiger partial charge in [0.1, 0.15) is 12.4 Å². The van der Waals surface area contributed by atoms with Gasteiger partial charge in [-0.3, -0.25) is 4.79 Å². The number of ether oxygens (including phenoxy) is 4. The molecule has 1 heterocycles. The summed E-state index contributed by atoms with van der Waals surface area (Å²) in [6.45, 7) is 2.44. The molecular weight excluding hydrogens is 296 g/mol. The summed E-state index contributed by atoms with van der Waals surface area (Å²) < 4.78 is 22.4. The van der Waals surface area contributed by atoms with Crippen molar-refractivity contribution in [3.63, 3.8) is 0 Å². The Balaban J connectivity index is 1.75. The van der Waals surface area contributed by atoms with E-state index in [-0.39, 0.29) is 29.7 Å². The number of hydrogen-bond acceptors (Lipinski definition) is 5. The topological polar surface area (TPSA) is 54.0 Å². The van der Waals surface area contributed by atoms with Crippen LogP contribution in [0.4, 0.5) is 0 Å². The highest BCUT2D eigenvalue weighted by Crippen LogP contribution is 2.36. The van der Waals surface area contributed by atoms with E-state index >= 15 is 0 Å². The molecule has 0 amide bonds. The summed E-state index contributed by atoms with van der Waals surface area (Å²) in [7, 11) is 1.70. The average molecular weight is 318 g/mol. The van der Waals surface area contributed by atoms with Crippen LogP contribution in [0.1, 0.15) is 26.2 Å². The van der Waals surface area contributed by atoms with Gasteiger partial charge in [-0.1, -0.05) is 12.1 Å². The van der Waals surface area contributed by atoms with Crippen LogP contribution in [0.25, 0.3) is 0 Å². The van der Waals surface area contributed by atoms with E-state index in [0.717, 1.165) is 19.3 Å². The van der Waals surface area contributed by atoms with Crippen molar-refractivity contribution in [3.05, 3.63) is 36.3 Å². The van der Waals surface area contributed by atoms with E-state index in [2.05, 4.69) is 0 Å². The van der Waals surface area contributed by atoms with Crippen molar-refractivity contribution in [1.29, 1.82) is 0 Å². The number of carbonyl (C=O) groups is 1. The number of carbonyl (C=O) groups excluding carboxylic acids is 1. The van der Waals surface area contributed by atoms with Crippen molar-refractivity contribution < 1.29 is 23.7 Å². The summed E-state index contributed by atoms with van der Waals surface area (Å²) in [4.78, 5) is 12.7. The Morgan fingerprint density at radius 2 is 2.00 bits per heavy atom. The number of hydrogen-bond donors (Lipinski definition) is 0. The Bertz CT molecular complexity index is 595. The van der Waals surface area contributed by atoms with Gasteiger partial charge in [0.2, 0.25) is 11.5 Å². The SMILES string of the molecule is CCOc1ccccc1OC1=COC2CC(OC)CCC2C1=O. The molecule has 0 aromatic heterocycles. The van der Waals surface area contributed by atoms with Crippen molar-refractivity contribution in [3.8, 4) is 11.5 Å². The Morgan fingerprint density at radius 3 is 2.74 bits per heavy atom. The van der Waals surface area contributed by atoms with E-state index in [1.165, 1.54) is 6.26 Å². The van der Waals surface area contributed by atoms with Gasteiger partial charge >= 0.3 is 0 Å². The average Bonchev–Trinajstić information content (AvgIpc) is 2.59. The second kappa shape index (κ2) is 7.04. The van der Waals surface area contributed by atoms with Crippen molar-refractivity contribution in [2.45, 2.75) is 38.4 Å². The number of Topliss-reactive ketones (excluding diaryl/α,β-unsaturated/α-hetero) is 1. The zero-order valence-electron chi connectivity index (χ0n) is 13.5. The Morgan fingerprint density at radius 1 is 1.22 bits per heavy atom. The second-order valence-corrected chi connectivity index (χ2v) is 5.78. The minimum atomic E-state index is -0.152. The van der Waals surface area contributed by atoms with Crippen LogP contribution in [-0.4, -0.2) is 31.7 Å². The molecule has 1 aromatic carbocycles. The summed E-state index contributed by atoms with van der Waals surface area (Å²) in [6, 6.07) is 7.32. The lowest BCUT2D eigenvalue weighted by molar-refractivity contribution is -0.133. The molecule has 23 heavy (non-hydrogen) atoms. The lowest BCUT2D eigenvalue weighted by atomic mass is 9.80. The molecule has 2 aliphatic rings. The van der Waals surface area contributed by atoms with Crippen LogP contribution in [0.5, 0.6) is 11.5 Å². The van der Waals surface area contributed by atoms with E-state index in [4.69, 9.17) is 18.9 Å². The third kappa shape index (κ3) is 3.34. The molecule has 1 aromatic rings. The lowest BCUT2D eigenvalue weighted by Gasteiger charge is -2.36. The first-order valence-corrected chi connectivity index (χ1v) is 8.05. The fourth-order valence-electron chi connectivity index (χ4n) is 3.15. The van der Waals surface area contributed by atoms with Crippen LogP contribution >= 0.6 is 0 Å². The normalized spacial score (nSPS) is 26.8. The van der Waals surface area contributed by atoms with Crippen LogP contribution in [0.3, 0.4) is 0 Å². The van der Waals surface area contributed by atoms with E-state index < -0.39 is 0 Å². The predicted octanol–water partition coefficient (Wildman–Crippen LogP) is 3.09. The summed E-state index contributed by atoms with van der Waals surface area (Å²) in [5, 5.41) is 0. The van der Waals surface area contributed by atoms with Crippen molar-refractivity contribution >= 4 is 5.78 Å².